The summed E-state index contributed by atoms with van der Waals surface area (Å²) in [6, 6.07) is 2.79. The van der Waals surface area contributed by atoms with Crippen LogP contribution < -0.4 is 15.4 Å². The topological polar surface area (TPSA) is 66.5 Å². The van der Waals surface area contributed by atoms with Crippen molar-refractivity contribution in [2.24, 2.45) is 11.8 Å². The number of carbonyl (C=O) groups is 1. The fourth-order valence-corrected chi connectivity index (χ4v) is 3.71. The molecule has 164 valence electrons. The molecule has 1 aromatic rings. The SMILES string of the molecule is CC1CC(C)CN(CCCCNC(=O)NCc2cccnc2OCC(F)(F)F)C1. The zero-order chi connectivity index (χ0) is 21.3. The summed E-state index contributed by atoms with van der Waals surface area (Å²) in [6.45, 7) is 7.06. The van der Waals surface area contributed by atoms with E-state index in [2.05, 4.69) is 34.4 Å². The Morgan fingerprint density at radius 2 is 1.97 bits per heavy atom. The summed E-state index contributed by atoms with van der Waals surface area (Å²) in [5.41, 5.74) is 0.389. The third kappa shape index (κ3) is 9.34. The summed E-state index contributed by atoms with van der Waals surface area (Å²) in [6.07, 6.45) is 0.0817. The van der Waals surface area contributed by atoms with Gasteiger partial charge < -0.3 is 20.3 Å². The largest absolute Gasteiger partial charge is 0.468 e. The van der Waals surface area contributed by atoms with E-state index in [1.165, 1.54) is 12.6 Å². The van der Waals surface area contributed by atoms with E-state index in [4.69, 9.17) is 4.74 Å². The van der Waals surface area contributed by atoms with Gasteiger partial charge in [-0.2, -0.15) is 13.2 Å². The van der Waals surface area contributed by atoms with Gasteiger partial charge in [-0.1, -0.05) is 19.9 Å². The van der Waals surface area contributed by atoms with Gasteiger partial charge >= 0.3 is 12.2 Å². The standard InChI is InChI=1S/C20H31F3N4O2/c1-15-10-16(2)13-27(12-15)9-4-3-7-25-19(28)26-11-17-6-5-8-24-18(17)29-14-20(21,22)23/h5-6,8,15-16H,3-4,7,9-14H2,1-2H3,(H2,25,26,28). The average Bonchev–Trinajstić information content (AvgIpc) is 2.63. The van der Waals surface area contributed by atoms with E-state index in [1.807, 2.05) is 0 Å². The Labute approximate surface area is 170 Å². The van der Waals surface area contributed by atoms with Crippen molar-refractivity contribution in [2.45, 2.75) is 45.8 Å². The van der Waals surface area contributed by atoms with Crippen molar-refractivity contribution in [1.29, 1.82) is 0 Å². The maximum absolute atomic E-state index is 12.3. The summed E-state index contributed by atoms with van der Waals surface area (Å²) in [7, 11) is 0. The van der Waals surface area contributed by atoms with Gasteiger partial charge in [0.25, 0.3) is 0 Å². The van der Waals surface area contributed by atoms with Crippen LogP contribution in [0.1, 0.15) is 38.7 Å². The normalized spacial score (nSPS) is 20.3. The number of nitrogens with zero attached hydrogens (tertiary/aromatic N) is 2. The van der Waals surface area contributed by atoms with Gasteiger partial charge in [-0.05, 0) is 43.7 Å². The number of hydrogen-bond donors (Lipinski definition) is 2. The number of urea groups is 1. The number of carbonyl (C=O) groups excluding carboxylic acids is 1. The van der Waals surface area contributed by atoms with E-state index >= 15 is 0 Å². The van der Waals surface area contributed by atoms with E-state index in [-0.39, 0.29) is 18.5 Å². The van der Waals surface area contributed by atoms with E-state index in [0.717, 1.165) is 44.3 Å². The Hall–Kier alpha value is -2.03. The van der Waals surface area contributed by atoms with Crippen LogP contribution in [0.5, 0.6) is 5.88 Å². The van der Waals surface area contributed by atoms with E-state index in [0.29, 0.717) is 12.1 Å². The van der Waals surface area contributed by atoms with Crippen LogP contribution in [-0.2, 0) is 6.54 Å². The highest BCUT2D eigenvalue weighted by Crippen LogP contribution is 2.21. The van der Waals surface area contributed by atoms with Crippen molar-refractivity contribution in [3.63, 3.8) is 0 Å². The number of alkyl halides is 3. The van der Waals surface area contributed by atoms with Gasteiger partial charge in [-0.15, -0.1) is 0 Å². The third-order valence-corrected chi connectivity index (χ3v) is 4.79. The van der Waals surface area contributed by atoms with Gasteiger partial charge in [-0.25, -0.2) is 9.78 Å². The van der Waals surface area contributed by atoms with Crippen molar-refractivity contribution in [3.05, 3.63) is 23.9 Å². The monoisotopic (exact) mass is 416 g/mol. The molecule has 0 saturated carbocycles. The minimum atomic E-state index is -4.44. The number of unbranched alkanes of at least 4 members (excludes halogenated alkanes) is 1. The number of aromatic nitrogens is 1. The molecule has 2 heterocycles. The lowest BCUT2D eigenvalue weighted by Gasteiger charge is -2.34. The van der Waals surface area contributed by atoms with Crippen LogP contribution in [0.25, 0.3) is 0 Å². The molecular weight excluding hydrogens is 385 g/mol. The van der Waals surface area contributed by atoms with Crippen molar-refractivity contribution in [3.8, 4) is 5.88 Å². The molecule has 1 aliphatic rings. The molecule has 0 radical (unpaired) electrons. The maximum Gasteiger partial charge on any atom is 0.422 e. The first-order valence-corrected chi connectivity index (χ1v) is 10.1. The van der Waals surface area contributed by atoms with Crippen LogP contribution in [0, 0.1) is 11.8 Å². The minimum absolute atomic E-state index is 0.0381. The Bertz CT molecular complexity index is 632. The number of halogens is 3. The minimum Gasteiger partial charge on any atom is -0.468 e. The van der Waals surface area contributed by atoms with Crippen molar-refractivity contribution in [1.82, 2.24) is 20.5 Å². The van der Waals surface area contributed by atoms with Gasteiger partial charge in [0.15, 0.2) is 6.61 Å². The maximum atomic E-state index is 12.3. The molecule has 1 aromatic heterocycles. The van der Waals surface area contributed by atoms with Crippen LogP contribution in [0.3, 0.4) is 0 Å². The molecule has 0 bridgehead atoms. The van der Waals surface area contributed by atoms with E-state index < -0.39 is 12.8 Å². The van der Waals surface area contributed by atoms with E-state index in [9.17, 15) is 18.0 Å². The number of piperidine rings is 1. The van der Waals surface area contributed by atoms with Crippen molar-refractivity contribution < 1.29 is 22.7 Å². The first-order valence-electron chi connectivity index (χ1n) is 10.1. The predicted molar refractivity (Wildman–Crippen MR) is 105 cm³/mol. The highest BCUT2D eigenvalue weighted by Gasteiger charge is 2.29. The number of pyridine rings is 1. The third-order valence-electron chi connectivity index (χ3n) is 4.79. The molecule has 2 rings (SSSR count). The average molecular weight is 416 g/mol. The summed E-state index contributed by atoms with van der Waals surface area (Å²) in [5.74, 6) is 1.34. The number of amides is 2. The van der Waals surface area contributed by atoms with Gasteiger partial charge in [-0.3, -0.25) is 0 Å². The summed E-state index contributed by atoms with van der Waals surface area (Å²) in [5, 5.41) is 5.40. The number of nitrogens with one attached hydrogen (secondary N) is 2. The van der Waals surface area contributed by atoms with Crippen LogP contribution in [0.2, 0.25) is 0 Å². The Kier molecular flexibility index (Phi) is 9.00. The molecule has 2 N–H and O–H groups in total. The fourth-order valence-electron chi connectivity index (χ4n) is 3.71. The molecule has 9 heteroatoms. The molecule has 2 atom stereocenters. The van der Waals surface area contributed by atoms with Gasteiger partial charge in [0.05, 0.1) is 0 Å². The fraction of sp³-hybridized carbons (Fsp3) is 0.700. The van der Waals surface area contributed by atoms with Crippen LogP contribution in [-0.4, -0.2) is 54.9 Å². The molecule has 1 aliphatic heterocycles. The molecule has 0 aliphatic carbocycles. The Morgan fingerprint density at radius 1 is 1.24 bits per heavy atom. The van der Waals surface area contributed by atoms with Crippen LogP contribution >= 0.6 is 0 Å². The highest BCUT2D eigenvalue weighted by atomic mass is 19.4. The number of hydrogen-bond acceptors (Lipinski definition) is 4. The zero-order valence-electron chi connectivity index (χ0n) is 17.1. The zero-order valence-corrected chi connectivity index (χ0v) is 17.1. The molecule has 6 nitrogen and oxygen atoms in total. The predicted octanol–water partition coefficient (Wildman–Crippen LogP) is 3.58. The van der Waals surface area contributed by atoms with Crippen molar-refractivity contribution >= 4 is 6.03 Å². The molecule has 1 saturated heterocycles. The number of likely N-dealkylation sites (tertiary alicyclic amines) is 1. The van der Waals surface area contributed by atoms with Crippen LogP contribution in [0.15, 0.2) is 18.3 Å². The molecule has 2 amide bonds. The quantitative estimate of drug-likeness (QED) is 0.604. The lowest BCUT2D eigenvalue weighted by Crippen LogP contribution is -2.39. The first-order chi connectivity index (χ1) is 13.7. The van der Waals surface area contributed by atoms with E-state index in [1.54, 1.807) is 12.1 Å². The summed E-state index contributed by atoms with van der Waals surface area (Å²) in [4.78, 5) is 18.2. The second-order valence-corrected chi connectivity index (χ2v) is 7.89. The second-order valence-electron chi connectivity index (χ2n) is 7.89. The lowest BCUT2D eigenvalue weighted by atomic mass is 9.92. The number of rotatable bonds is 9. The summed E-state index contributed by atoms with van der Waals surface area (Å²) >= 11 is 0. The smallest absolute Gasteiger partial charge is 0.422 e. The van der Waals surface area contributed by atoms with Gasteiger partial charge in [0.2, 0.25) is 5.88 Å². The van der Waals surface area contributed by atoms with Gasteiger partial charge in [0.1, 0.15) is 0 Å². The summed E-state index contributed by atoms with van der Waals surface area (Å²) < 4.78 is 41.6. The first kappa shape index (κ1) is 23.3. The Balaban J connectivity index is 1.62. The highest BCUT2D eigenvalue weighted by molar-refractivity contribution is 5.73. The second kappa shape index (κ2) is 11.2. The Morgan fingerprint density at radius 3 is 2.66 bits per heavy atom. The number of ether oxygens (including phenoxy) is 1. The molecule has 0 aromatic carbocycles. The molecule has 2 unspecified atom stereocenters. The molecule has 0 spiro atoms. The lowest BCUT2D eigenvalue weighted by molar-refractivity contribution is -0.154. The molecule has 1 fully saturated rings. The van der Waals surface area contributed by atoms with Crippen molar-refractivity contribution in [2.75, 3.05) is 32.8 Å². The van der Waals surface area contributed by atoms with Crippen LogP contribution in [0.4, 0.5) is 18.0 Å². The molecular formula is C20H31F3N4O2. The van der Waals surface area contributed by atoms with Gasteiger partial charge in [0, 0.05) is 37.9 Å². The molecule has 29 heavy (non-hydrogen) atoms.